The molecule has 1 aliphatic carbocycles. The molecule has 0 aliphatic heterocycles. The number of nitriles is 1. The average Bonchev–Trinajstić information content (AvgIpc) is 1.95. The van der Waals surface area contributed by atoms with Gasteiger partial charge in [0.1, 0.15) is 0 Å². The molecule has 0 bridgehead atoms. The Kier molecular flexibility index (Phi) is 2.28. The molecule has 1 heteroatoms. The van der Waals surface area contributed by atoms with E-state index in [0.29, 0.717) is 12.3 Å². The van der Waals surface area contributed by atoms with Crippen molar-refractivity contribution in [2.75, 3.05) is 0 Å². The van der Waals surface area contributed by atoms with Crippen molar-refractivity contribution in [3.63, 3.8) is 0 Å². The third-order valence-electron chi connectivity index (χ3n) is 1.73. The Labute approximate surface area is 61.7 Å². The molecule has 0 saturated carbocycles. The predicted octanol–water partition coefficient (Wildman–Crippen LogP) is 2.42. The monoisotopic (exact) mass is 133 g/mol. The van der Waals surface area contributed by atoms with Crippen LogP contribution in [-0.4, -0.2) is 0 Å². The largest absolute Gasteiger partial charge is 0.198 e. The average molecular weight is 133 g/mol. The van der Waals surface area contributed by atoms with Gasteiger partial charge in [0.05, 0.1) is 6.07 Å². The van der Waals surface area contributed by atoms with Crippen LogP contribution in [0, 0.1) is 17.2 Å². The Morgan fingerprint density at radius 1 is 1.80 bits per heavy atom. The standard InChI is InChI=1S/C9H11N/c1-8-2-4-9(5-3-8)6-7-10/h2-4,9H,5-6H2,1H3. The Balaban J connectivity index is 2.46. The van der Waals surface area contributed by atoms with Crippen molar-refractivity contribution in [3.8, 4) is 6.07 Å². The Morgan fingerprint density at radius 3 is 3.10 bits per heavy atom. The molecule has 0 radical (unpaired) electrons. The fourth-order valence-corrected chi connectivity index (χ4v) is 1.04. The summed E-state index contributed by atoms with van der Waals surface area (Å²) in [6, 6.07) is 2.17. The number of hydrogen-bond donors (Lipinski definition) is 0. The highest BCUT2D eigenvalue weighted by molar-refractivity contribution is 5.21. The van der Waals surface area contributed by atoms with E-state index in [2.05, 4.69) is 31.2 Å². The number of hydrogen-bond acceptors (Lipinski definition) is 1. The topological polar surface area (TPSA) is 23.8 Å². The lowest BCUT2D eigenvalue weighted by Crippen LogP contribution is -1.96. The zero-order valence-electron chi connectivity index (χ0n) is 6.17. The molecule has 0 aromatic rings. The summed E-state index contributed by atoms with van der Waals surface area (Å²) in [5, 5.41) is 8.38. The van der Waals surface area contributed by atoms with Gasteiger partial charge in [0, 0.05) is 6.42 Å². The van der Waals surface area contributed by atoms with Crippen LogP contribution in [0.15, 0.2) is 23.8 Å². The van der Waals surface area contributed by atoms with Gasteiger partial charge in [-0.25, -0.2) is 0 Å². The minimum atomic E-state index is 0.466. The van der Waals surface area contributed by atoms with Gasteiger partial charge in [0.15, 0.2) is 0 Å². The third kappa shape index (κ3) is 1.73. The second-order valence-electron chi connectivity index (χ2n) is 2.67. The first kappa shape index (κ1) is 7.08. The molecule has 1 aliphatic rings. The molecule has 52 valence electrons. The molecule has 1 rings (SSSR count). The van der Waals surface area contributed by atoms with Gasteiger partial charge in [0.2, 0.25) is 0 Å². The van der Waals surface area contributed by atoms with Crippen LogP contribution in [0.3, 0.4) is 0 Å². The Morgan fingerprint density at radius 2 is 2.60 bits per heavy atom. The summed E-state index contributed by atoms with van der Waals surface area (Å²) in [6.07, 6.45) is 8.09. The molecule has 0 spiro atoms. The summed E-state index contributed by atoms with van der Waals surface area (Å²) >= 11 is 0. The van der Waals surface area contributed by atoms with Gasteiger partial charge in [-0.1, -0.05) is 23.8 Å². The quantitative estimate of drug-likeness (QED) is 0.539. The van der Waals surface area contributed by atoms with Crippen LogP contribution in [0.1, 0.15) is 19.8 Å². The smallest absolute Gasteiger partial charge is 0.0628 e. The lowest BCUT2D eigenvalue weighted by atomic mass is 9.95. The summed E-state index contributed by atoms with van der Waals surface area (Å²) < 4.78 is 0. The first-order chi connectivity index (χ1) is 4.83. The predicted molar refractivity (Wildman–Crippen MR) is 41.2 cm³/mol. The van der Waals surface area contributed by atoms with E-state index in [0.717, 1.165) is 6.42 Å². The van der Waals surface area contributed by atoms with Crippen LogP contribution in [0.4, 0.5) is 0 Å². The van der Waals surface area contributed by atoms with Crippen molar-refractivity contribution in [1.29, 1.82) is 5.26 Å². The molecular formula is C9H11N. The van der Waals surface area contributed by atoms with Crippen LogP contribution < -0.4 is 0 Å². The van der Waals surface area contributed by atoms with Crippen molar-refractivity contribution < 1.29 is 0 Å². The first-order valence-electron chi connectivity index (χ1n) is 3.55. The van der Waals surface area contributed by atoms with E-state index < -0.39 is 0 Å². The van der Waals surface area contributed by atoms with Crippen molar-refractivity contribution >= 4 is 0 Å². The van der Waals surface area contributed by atoms with Crippen LogP contribution >= 0.6 is 0 Å². The fraction of sp³-hybridized carbons (Fsp3) is 0.444. The lowest BCUT2D eigenvalue weighted by Gasteiger charge is -2.09. The van der Waals surface area contributed by atoms with Crippen molar-refractivity contribution in [2.45, 2.75) is 19.8 Å². The lowest BCUT2D eigenvalue weighted by molar-refractivity contribution is 0.672. The maximum absolute atomic E-state index is 8.38. The van der Waals surface area contributed by atoms with E-state index >= 15 is 0 Å². The highest BCUT2D eigenvalue weighted by Crippen LogP contribution is 2.17. The van der Waals surface area contributed by atoms with E-state index in [1.807, 2.05) is 0 Å². The highest BCUT2D eigenvalue weighted by Gasteiger charge is 2.04. The van der Waals surface area contributed by atoms with E-state index in [1.54, 1.807) is 0 Å². The summed E-state index contributed by atoms with van der Waals surface area (Å²) in [5.74, 6) is 0.466. The maximum Gasteiger partial charge on any atom is 0.0628 e. The molecule has 1 nitrogen and oxygen atoms in total. The molecule has 1 unspecified atom stereocenters. The summed E-state index contributed by atoms with van der Waals surface area (Å²) in [4.78, 5) is 0. The molecule has 10 heavy (non-hydrogen) atoms. The van der Waals surface area contributed by atoms with Crippen LogP contribution in [-0.2, 0) is 0 Å². The second-order valence-corrected chi connectivity index (χ2v) is 2.67. The van der Waals surface area contributed by atoms with Gasteiger partial charge in [0.25, 0.3) is 0 Å². The molecule has 0 aromatic carbocycles. The van der Waals surface area contributed by atoms with Crippen molar-refractivity contribution in [3.05, 3.63) is 23.8 Å². The van der Waals surface area contributed by atoms with Crippen molar-refractivity contribution in [2.24, 2.45) is 5.92 Å². The molecule has 1 atom stereocenters. The highest BCUT2D eigenvalue weighted by atomic mass is 14.2. The molecular weight excluding hydrogens is 122 g/mol. The van der Waals surface area contributed by atoms with E-state index in [-0.39, 0.29) is 0 Å². The zero-order valence-corrected chi connectivity index (χ0v) is 6.17. The molecule has 0 N–H and O–H groups in total. The number of allylic oxidation sites excluding steroid dienone is 4. The zero-order chi connectivity index (χ0) is 7.40. The minimum Gasteiger partial charge on any atom is -0.198 e. The molecule has 0 amide bonds. The minimum absolute atomic E-state index is 0.466. The van der Waals surface area contributed by atoms with Crippen molar-refractivity contribution in [1.82, 2.24) is 0 Å². The van der Waals surface area contributed by atoms with Gasteiger partial charge in [-0.05, 0) is 19.3 Å². The Bertz CT molecular complexity index is 205. The molecule has 0 heterocycles. The third-order valence-corrected chi connectivity index (χ3v) is 1.73. The SMILES string of the molecule is CC1=CCC(CC#N)C=C1. The maximum atomic E-state index is 8.38. The Hall–Kier alpha value is -1.03. The summed E-state index contributed by atoms with van der Waals surface area (Å²) in [5.41, 5.74) is 1.31. The van der Waals surface area contributed by atoms with Crippen LogP contribution in [0.2, 0.25) is 0 Å². The fourth-order valence-electron chi connectivity index (χ4n) is 1.04. The van der Waals surface area contributed by atoms with Gasteiger partial charge >= 0.3 is 0 Å². The van der Waals surface area contributed by atoms with Gasteiger partial charge < -0.3 is 0 Å². The number of rotatable bonds is 1. The molecule has 0 aromatic heterocycles. The second kappa shape index (κ2) is 3.22. The van der Waals surface area contributed by atoms with E-state index in [9.17, 15) is 0 Å². The van der Waals surface area contributed by atoms with Crippen LogP contribution in [0.5, 0.6) is 0 Å². The first-order valence-corrected chi connectivity index (χ1v) is 3.55. The van der Waals surface area contributed by atoms with E-state index in [1.165, 1.54) is 5.57 Å². The normalized spacial score (nSPS) is 23.6. The van der Waals surface area contributed by atoms with Gasteiger partial charge in [-0.2, -0.15) is 5.26 Å². The van der Waals surface area contributed by atoms with Crippen LogP contribution in [0.25, 0.3) is 0 Å². The van der Waals surface area contributed by atoms with Gasteiger partial charge in [-0.3, -0.25) is 0 Å². The van der Waals surface area contributed by atoms with Gasteiger partial charge in [-0.15, -0.1) is 0 Å². The summed E-state index contributed by atoms with van der Waals surface area (Å²) in [6.45, 7) is 2.08. The number of nitrogens with zero attached hydrogens (tertiary/aromatic N) is 1. The molecule has 0 saturated heterocycles. The van der Waals surface area contributed by atoms with E-state index in [4.69, 9.17) is 5.26 Å². The summed E-state index contributed by atoms with van der Waals surface area (Å²) in [7, 11) is 0. The molecule has 0 fully saturated rings.